The number of aromatic amines is 1. The lowest BCUT2D eigenvalue weighted by Gasteiger charge is -2.08. The highest BCUT2D eigenvalue weighted by Crippen LogP contribution is 2.30. The number of nitrogens with two attached hydrogens (primary N) is 1. The van der Waals surface area contributed by atoms with E-state index >= 15 is 0 Å². The molecule has 0 bridgehead atoms. The Morgan fingerprint density at radius 3 is 2.53 bits per heavy atom. The van der Waals surface area contributed by atoms with E-state index in [1.165, 1.54) is 0 Å². The Hall–Kier alpha value is -2.53. The molecule has 0 saturated heterocycles. The van der Waals surface area contributed by atoms with E-state index in [9.17, 15) is 0 Å². The van der Waals surface area contributed by atoms with Gasteiger partial charge < -0.3 is 5.73 Å². The summed E-state index contributed by atoms with van der Waals surface area (Å²) in [6.07, 6.45) is 0. The number of tetrazole rings is 1. The zero-order chi connectivity index (χ0) is 13.1. The van der Waals surface area contributed by atoms with E-state index in [0.717, 1.165) is 22.3 Å². The van der Waals surface area contributed by atoms with Crippen LogP contribution in [0.25, 0.3) is 22.5 Å². The number of nitrogens with zero attached hydrogens (tertiary/aromatic N) is 3. The predicted octanol–water partition coefficient (Wildman–Crippen LogP) is 1.99. The van der Waals surface area contributed by atoms with E-state index < -0.39 is 0 Å². The number of benzene rings is 2. The molecule has 0 radical (unpaired) electrons. The molecule has 0 aliphatic heterocycles. The number of hydrogen-bond acceptors (Lipinski definition) is 4. The summed E-state index contributed by atoms with van der Waals surface area (Å²) in [4.78, 5) is 0. The van der Waals surface area contributed by atoms with Crippen LogP contribution in [0, 0.1) is 0 Å². The van der Waals surface area contributed by atoms with Crippen molar-refractivity contribution in [2.45, 2.75) is 6.54 Å². The zero-order valence-electron chi connectivity index (χ0n) is 10.2. The smallest absolute Gasteiger partial charge is 0.205 e. The first kappa shape index (κ1) is 11.6. The molecule has 0 amide bonds. The van der Waals surface area contributed by atoms with Crippen LogP contribution < -0.4 is 5.73 Å². The fourth-order valence-electron chi connectivity index (χ4n) is 2.05. The van der Waals surface area contributed by atoms with Gasteiger partial charge in [0, 0.05) is 12.1 Å². The standard InChI is InChI=1S/C14H13N5/c15-9-10-6-7-12(11-4-2-1-3-5-11)13(8-10)14-16-18-19-17-14/h1-8H,9,15H2,(H,16,17,18,19). The average Bonchev–Trinajstić information content (AvgIpc) is 3.01. The first-order chi connectivity index (χ1) is 9.38. The monoisotopic (exact) mass is 251 g/mol. The Morgan fingerprint density at radius 2 is 1.84 bits per heavy atom. The van der Waals surface area contributed by atoms with E-state index in [0.29, 0.717) is 12.4 Å². The molecule has 3 N–H and O–H groups in total. The molecule has 1 heterocycles. The zero-order valence-corrected chi connectivity index (χ0v) is 10.2. The lowest BCUT2D eigenvalue weighted by atomic mass is 9.97. The van der Waals surface area contributed by atoms with Crippen molar-refractivity contribution in [1.29, 1.82) is 0 Å². The minimum absolute atomic E-state index is 0.486. The van der Waals surface area contributed by atoms with Crippen molar-refractivity contribution in [3.63, 3.8) is 0 Å². The first-order valence-electron chi connectivity index (χ1n) is 6.00. The van der Waals surface area contributed by atoms with E-state index in [1.54, 1.807) is 0 Å². The second kappa shape index (κ2) is 4.99. The van der Waals surface area contributed by atoms with Gasteiger partial charge in [0.05, 0.1) is 0 Å². The van der Waals surface area contributed by atoms with Gasteiger partial charge in [-0.05, 0) is 28.0 Å². The Kier molecular flexibility index (Phi) is 3.04. The van der Waals surface area contributed by atoms with Gasteiger partial charge in [0.15, 0.2) is 0 Å². The van der Waals surface area contributed by atoms with Crippen LogP contribution in [0.15, 0.2) is 48.5 Å². The van der Waals surface area contributed by atoms with Crippen molar-refractivity contribution in [3.8, 4) is 22.5 Å². The molecule has 19 heavy (non-hydrogen) atoms. The number of hydrogen-bond donors (Lipinski definition) is 2. The highest BCUT2D eigenvalue weighted by atomic mass is 15.5. The Labute approximate surface area is 110 Å². The number of H-pyrrole nitrogens is 1. The second-order valence-electron chi connectivity index (χ2n) is 4.19. The van der Waals surface area contributed by atoms with Crippen LogP contribution in [-0.2, 0) is 6.54 Å². The maximum atomic E-state index is 5.70. The van der Waals surface area contributed by atoms with Crippen LogP contribution in [0.3, 0.4) is 0 Å². The van der Waals surface area contributed by atoms with Crippen LogP contribution in [0.1, 0.15) is 5.56 Å². The lowest BCUT2D eigenvalue weighted by molar-refractivity contribution is 0.881. The largest absolute Gasteiger partial charge is 0.326 e. The van der Waals surface area contributed by atoms with Crippen LogP contribution in [-0.4, -0.2) is 20.6 Å². The van der Waals surface area contributed by atoms with Gasteiger partial charge in [0.2, 0.25) is 5.82 Å². The SMILES string of the molecule is NCc1ccc(-c2ccccc2)c(-c2nn[nH]n2)c1. The molecular formula is C14H13N5. The molecular weight excluding hydrogens is 238 g/mol. The van der Waals surface area contributed by atoms with E-state index in [-0.39, 0.29) is 0 Å². The molecule has 0 fully saturated rings. The Balaban J connectivity index is 2.19. The van der Waals surface area contributed by atoms with Crippen molar-refractivity contribution >= 4 is 0 Å². The van der Waals surface area contributed by atoms with E-state index in [2.05, 4.69) is 32.8 Å². The highest BCUT2D eigenvalue weighted by Gasteiger charge is 2.11. The van der Waals surface area contributed by atoms with E-state index in [4.69, 9.17) is 5.73 Å². The molecule has 5 heteroatoms. The second-order valence-corrected chi connectivity index (χ2v) is 4.19. The molecule has 3 aromatic rings. The van der Waals surface area contributed by atoms with Gasteiger partial charge in [0.1, 0.15) is 0 Å². The van der Waals surface area contributed by atoms with Crippen LogP contribution in [0.5, 0.6) is 0 Å². The summed E-state index contributed by atoms with van der Waals surface area (Å²) in [5, 5.41) is 14.2. The third-order valence-corrected chi connectivity index (χ3v) is 2.99. The minimum atomic E-state index is 0.486. The number of aromatic nitrogens is 4. The fraction of sp³-hybridized carbons (Fsp3) is 0.0714. The number of nitrogens with one attached hydrogen (secondary N) is 1. The molecule has 94 valence electrons. The summed E-state index contributed by atoms with van der Waals surface area (Å²) in [6.45, 7) is 0.486. The Morgan fingerprint density at radius 1 is 1.00 bits per heavy atom. The fourth-order valence-corrected chi connectivity index (χ4v) is 2.05. The highest BCUT2D eigenvalue weighted by molar-refractivity contribution is 5.80. The lowest BCUT2D eigenvalue weighted by Crippen LogP contribution is -1.97. The summed E-state index contributed by atoms with van der Waals surface area (Å²) >= 11 is 0. The van der Waals surface area contributed by atoms with Gasteiger partial charge >= 0.3 is 0 Å². The third-order valence-electron chi connectivity index (χ3n) is 2.99. The molecule has 2 aromatic carbocycles. The van der Waals surface area contributed by atoms with Gasteiger partial charge in [0.25, 0.3) is 0 Å². The van der Waals surface area contributed by atoms with Crippen LogP contribution in [0.2, 0.25) is 0 Å². The summed E-state index contributed by atoms with van der Waals surface area (Å²) in [5.41, 5.74) is 9.86. The van der Waals surface area contributed by atoms with Gasteiger partial charge in [-0.25, -0.2) is 0 Å². The van der Waals surface area contributed by atoms with Gasteiger partial charge in [-0.1, -0.05) is 42.5 Å². The summed E-state index contributed by atoms with van der Waals surface area (Å²) in [5.74, 6) is 0.578. The maximum Gasteiger partial charge on any atom is 0.205 e. The third kappa shape index (κ3) is 2.23. The normalized spacial score (nSPS) is 10.6. The van der Waals surface area contributed by atoms with Crippen molar-refractivity contribution in [2.24, 2.45) is 5.73 Å². The predicted molar refractivity (Wildman–Crippen MR) is 72.9 cm³/mol. The Bertz CT molecular complexity index is 662. The molecule has 1 aromatic heterocycles. The molecule has 3 rings (SSSR count). The van der Waals surface area contributed by atoms with E-state index in [1.807, 2.05) is 36.4 Å². The quantitative estimate of drug-likeness (QED) is 0.746. The molecule has 0 aliphatic carbocycles. The van der Waals surface area contributed by atoms with Crippen molar-refractivity contribution in [1.82, 2.24) is 20.6 Å². The summed E-state index contributed by atoms with van der Waals surface area (Å²) < 4.78 is 0. The molecule has 0 unspecified atom stereocenters. The molecule has 0 aliphatic rings. The topological polar surface area (TPSA) is 80.5 Å². The summed E-state index contributed by atoms with van der Waals surface area (Å²) in [7, 11) is 0. The van der Waals surface area contributed by atoms with Gasteiger partial charge in [-0.2, -0.15) is 5.21 Å². The van der Waals surface area contributed by atoms with Gasteiger partial charge in [-0.3, -0.25) is 0 Å². The maximum absolute atomic E-state index is 5.70. The number of rotatable bonds is 3. The van der Waals surface area contributed by atoms with Crippen LogP contribution >= 0.6 is 0 Å². The van der Waals surface area contributed by atoms with Crippen molar-refractivity contribution in [3.05, 3.63) is 54.1 Å². The van der Waals surface area contributed by atoms with Crippen LogP contribution in [0.4, 0.5) is 0 Å². The average molecular weight is 251 g/mol. The first-order valence-corrected chi connectivity index (χ1v) is 6.00. The summed E-state index contributed by atoms with van der Waals surface area (Å²) in [6, 6.07) is 16.2. The molecule has 5 nitrogen and oxygen atoms in total. The molecule has 0 spiro atoms. The molecule has 0 saturated carbocycles. The molecule has 0 atom stereocenters. The van der Waals surface area contributed by atoms with Crippen molar-refractivity contribution in [2.75, 3.05) is 0 Å². The minimum Gasteiger partial charge on any atom is -0.326 e. The van der Waals surface area contributed by atoms with Gasteiger partial charge in [-0.15, -0.1) is 10.2 Å². The van der Waals surface area contributed by atoms with Crippen molar-refractivity contribution < 1.29 is 0 Å².